The monoisotopic (exact) mass is 404 g/mol. The summed E-state index contributed by atoms with van der Waals surface area (Å²) >= 11 is 1.46. The predicted molar refractivity (Wildman–Crippen MR) is 104 cm³/mol. The summed E-state index contributed by atoms with van der Waals surface area (Å²) in [7, 11) is 0. The number of aryl methyl sites for hydroxylation is 1. The zero-order valence-electron chi connectivity index (χ0n) is 16.2. The van der Waals surface area contributed by atoms with Gasteiger partial charge in [0, 0.05) is 24.1 Å². The lowest BCUT2D eigenvalue weighted by molar-refractivity contribution is -0.146. The van der Waals surface area contributed by atoms with Crippen LogP contribution in [0.15, 0.2) is 39.8 Å². The fraction of sp³-hybridized carbons (Fsp3) is 0.450. The number of amides is 1. The molecule has 1 saturated heterocycles. The molecule has 0 spiro atoms. The number of nitrogens with zero attached hydrogens (tertiary/aromatic N) is 2. The summed E-state index contributed by atoms with van der Waals surface area (Å²) < 4.78 is 16.1. The molecule has 0 aliphatic carbocycles. The number of thioether (sulfide) groups is 1. The lowest BCUT2D eigenvalue weighted by Crippen LogP contribution is -2.49. The first-order valence-electron chi connectivity index (χ1n) is 9.16. The van der Waals surface area contributed by atoms with Crippen LogP contribution in [-0.4, -0.2) is 53.8 Å². The van der Waals surface area contributed by atoms with Crippen LogP contribution >= 0.6 is 11.8 Å². The molecular weight excluding hydrogens is 380 g/mol. The predicted octanol–water partition coefficient (Wildman–Crippen LogP) is 3.07. The second kappa shape index (κ2) is 9.25. The Labute approximate surface area is 168 Å². The second-order valence-electron chi connectivity index (χ2n) is 6.85. The van der Waals surface area contributed by atoms with E-state index >= 15 is 0 Å². The van der Waals surface area contributed by atoms with Crippen molar-refractivity contribution in [3.63, 3.8) is 0 Å². The van der Waals surface area contributed by atoms with Gasteiger partial charge in [-0.25, -0.2) is 4.79 Å². The zero-order chi connectivity index (χ0) is 20.1. The van der Waals surface area contributed by atoms with Crippen molar-refractivity contribution in [1.29, 1.82) is 0 Å². The van der Waals surface area contributed by atoms with Crippen molar-refractivity contribution < 1.29 is 23.6 Å². The van der Waals surface area contributed by atoms with E-state index in [2.05, 4.69) is 5.16 Å². The number of aromatic nitrogens is 1. The SMILES string of the molecule is Cc1cc(CSc2ccccc2C(=O)OCC(=O)N2C[C@@H](C)O[C@H](C)C2)on1. The van der Waals surface area contributed by atoms with Crippen LogP contribution < -0.4 is 0 Å². The molecule has 28 heavy (non-hydrogen) atoms. The van der Waals surface area contributed by atoms with E-state index in [-0.39, 0.29) is 24.7 Å². The maximum absolute atomic E-state index is 12.5. The van der Waals surface area contributed by atoms with E-state index in [1.807, 2.05) is 39.0 Å². The Morgan fingerprint density at radius 3 is 2.64 bits per heavy atom. The van der Waals surface area contributed by atoms with Gasteiger partial charge in [0.2, 0.25) is 0 Å². The number of morpholine rings is 1. The normalized spacial score (nSPS) is 19.5. The van der Waals surface area contributed by atoms with E-state index < -0.39 is 5.97 Å². The van der Waals surface area contributed by atoms with Crippen molar-refractivity contribution in [3.8, 4) is 0 Å². The van der Waals surface area contributed by atoms with E-state index in [1.54, 1.807) is 17.0 Å². The molecule has 0 bridgehead atoms. The molecule has 1 aliphatic rings. The van der Waals surface area contributed by atoms with Gasteiger partial charge in [-0.3, -0.25) is 4.79 Å². The van der Waals surface area contributed by atoms with E-state index in [0.29, 0.717) is 24.4 Å². The Kier molecular flexibility index (Phi) is 6.74. The highest BCUT2D eigenvalue weighted by Gasteiger charge is 2.26. The highest BCUT2D eigenvalue weighted by Crippen LogP contribution is 2.27. The van der Waals surface area contributed by atoms with Gasteiger partial charge >= 0.3 is 5.97 Å². The molecule has 1 aliphatic heterocycles. The number of hydrogen-bond donors (Lipinski definition) is 0. The van der Waals surface area contributed by atoms with Gasteiger partial charge in [-0.05, 0) is 32.9 Å². The highest BCUT2D eigenvalue weighted by atomic mass is 32.2. The van der Waals surface area contributed by atoms with Crippen LogP contribution in [0.3, 0.4) is 0 Å². The quantitative estimate of drug-likeness (QED) is 0.540. The minimum atomic E-state index is -0.514. The molecule has 7 nitrogen and oxygen atoms in total. The summed E-state index contributed by atoms with van der Waals surface area (Å²) in [6.07, 6.45) is -0.0551. The molecule has 0 unspecified atom stereocenters. The first kappa shape index (κ1) is 20.4. The fourth-order valence-electron chi connectivity index (χ4n) is 3.07. The van der Waals surface area contributed by atoms with Crippen molar-refractivity contribution in [3.05, 3.63) is 47.3 Å². The first-order valence-corrected chi connectivity index (χ1v) is 10.2. The van der Waals surface area contributed by atoms with Crippen molar-refractivity contribution in [2.75, 3.05) is 19.7 Å². The summed E-state index contributed by atoms with van der Waals surface area (Å²) in [4.78, 5) is 27.4. The topological polar surface area (TPSA) is 81.9 Å². The lowest BCUT2D eigenvalue weighted by Gasteiger charge is -2.35. The maximum Gasteiger partial charge on any atom is 0.339 e. The Bertz CT molecular complexity index is 828. The van der Waals surface area contributed by atoms with E-state index in [4.69, 9.17) is 14.0 Å². The minimum Gasteiger partial charge on any atom is -0.452 e. The van der Waals surface area contributed by atoms with Crippen LogP contribution in [-0.2, 0) is 20.0 Å². The van der Waals surface area contributed by atoms with Crippen molar-refractivity contribution in [2.45, 2.75) is 43.6 Å². The van der Waals surface area contributed by atoms with Gasteiger partial charge in [-0.2, -0.15) is 0 Å². The summed E-state index contributed by atoms with van der Waals surface area (Å²) in [6, 6.07) is 9.02. The number of ether oxygens (including phenoxy) is 2. The third-order valence-corrected chi connectivity index (χ3v) is 5.35. The standard InChI is InChI=1S/C20H24N2O5S/c1-13-8-16(27-21-13)12-28-18-7-5-4-6-17(18)20(24)25-11-19(23)22-9-14(2)26-15(3)10-22/h4-8,14-15H,9-12H2,1-3H3/t14-,15-/m1/s1. The number of carbonyl (C=O) groups excluding carboxylic acids is 2. The van der Waals surface area contributed by atoms with Crippen LogP contribution in [0, 0.1) is 6.92 Å². The van der Waals surface area contributed by atoms with Crippen LogP contribution in [0.1, 0.15) is 35.7 Å². The molecule has 8 heteroatoms. The molecule has 1 aromatic carbocycles. The van der Waals surface area contributed by atoms with Crippen molar-refractivity contribution >= 4 is 23.6 Å². The molecule has 1 fully saturated rings. The van der Waals surface area contributed by atoms with Gasteiger partial charge in [0.1, 0.15) is 5.76 Å². The third kappa shape index (κ3) is 5.36. The van der Waals surface area contributed by atoms with E-state index in [0.717, 1.165) is 16.3 Å². The average Bonchev–Trinajstić information content (AvgIpc) is 3.09. The van der Waals surface area contributed by atoms with Crippen LogP contribution in [0.2, 0.25) is 0 Å². The Balaban J connectivity index is 1.57. The number of rotatable bonds is 6. The number of carbonyl (C=O) groups is 2. The smallest absolute Gasteiger partial charge is 0.339 e. The highest BCUT2D eigenvalue weighted by molar-refractivity contribution is 7.98. The second-order valence-corrected chi connectivity index (χ2v) is 7.87. The summed E-state index contributed by atoms with van der Waals surface area (Å²) in [6.45, 7) is 6.43. The maximum atomic E-state index is 12.5. The van der Waals surface area contributed by atoms with Gasteiger partial charge in [0.05, 0.1) is 29.2 Å². The van der Waals surface area contributed by atoms with E-state index in [9.17, 15) is 9.59 Å². The van der Waals surface area contributed by atoms with Gasteiger partial charge in [0.15, 0.2) is 6.61 Å². The van der Waals surface area contributed by atoms with Gasteiger partial charge in [-0.1, -0.05) is 17.3 Å². The number of benzene rings is 1. The molecule has 2 heterocycles. The van der Waals surface area contributed by atoms with Crippen molar-refractivity contribution in [1.82, 2.24) is 10.1 Å². The largest absolute Gasteiger partial charge is 0.452 e. The van der Waals surface area contributed by atoms with Gasteiger partial charge in [-0.15, -0.1) is 11.8 Å². The first-order chi connectivity index (χ1) is 13.4. The molecule has 1 aromatic heterocycles. The molecule has 0 saturated carbocycles. The van der Waals surface area contributed by atoms with Gasteiger partial charge in [0.25, 0.3) is 5.91 Å². The van der Waals surface area contributed by atoms with Crippen LogP contribution in [0.5, 0.6) is 0 Å². The summed E-state index contributed by atoms with van der Waals surface area (Å²) in [5, 5.41) is 3.86. The van der Waals surface area contributed by atoms with Crippen LogP contribution in [0.25, 0.3) is 0 Å². The van der Waals surface area contributed by atoms with Gasteiger partial charge < -0.3 is 18.9 Å². The molecule has 1 amide bonds. The number of hydrogen-bond acceptors (Lipinski definition) is 7. The fourth-order valence-corrected chi connectivity index (χ4v) is 3.99. The average molecular weight is 404 g/mol. The molecule has 0 radical (unpaired) electrons. The molecule has 0 N–H and O–H groups in total. The lowest BCUT2D eigenvalue weighted by atomic mass is 10.2. The van der Waals surface area contributed by atoms with E-state index in [1.165, 1.54) is 11.8 Å². The Morgan fingerprint density at radius 2 is 1.96 bits per heavy atom. The number of esters is 1. The zero-order valence-corrected chi connectivity index (χ0v) is 17.0. The molecule has 150 valence electrons. The summed E-state index contributed by atoms with van der Waals surface area (Å²) in [5.41, 5.74) is 1.24. The Morgan fingerprint density at radius 1 is 1.25 bits per heavy atom. The van der Waals surface area contributed by atoms with Crippen LogP contribution in [0.4, 0.5) is 0 Å². The molecule has 2 aromatic rings. The summed E-state index contributed by atoms with van der Waals surface area (Å²) in [5.74, 6) is 0.557. The third-order valence-electron chi connectivity index (χ3n) is 4.25. The minimum absolute atomic E-state index is 0.0275. The molecule has 2 atom stereocenters. The van der Waals surface area contributed by atoms with Crippen molar-refractivity contribution in [2.24, 2.45) is 0 Å². The molecular formula is C20H24N2O5S. The Hall–Kier alpha value is -2.32. The molecule has 3 rings (SSSR count).